The molecule has 104 valence electrons. The van der Waals surface area contributed by atoms with E-state index in [-0.39, 0.29) is 0 Å². The lowest BCUT2D eigenvalue weighted by atomic mass is 10.2. The summed E-state index contributed by atoms with van der Waals surface area (Å²) in [6.07, 6.45) is 4.96. The van der Waals surface area contributed by atoms with Crippen LogP contribution in [0.1, 0.15) is 31.2 Å². The van der Waals surface area contributed by atoms with Crippen molar-refractivity contribution < 1.29 is 4.74 Å². The molecule has 0 radical (unpaired) electrons. The van der Waals surface area contributed by atoms with Crippen LogP contribution in [0.2, 0.25) is 0 Å². The lowest BCUT2D eigenvalue weighted by Gasteiger charge is -2.12. The molecule has 19 heavy (non-hydrogen) atoms. The fourth-order valence-electron chi connectivity index (χ4n) is 2.29. The Morgan fingerprint density at radius 2 is 2.21 bits per heavy atom. The highest BCUT2D eigenvalue weighted by Gasteiger charge is 2.14. The maximum Gasteiger partial charge on any atom is 0.189 e. The van der Waals surface area contributed by atoms with Gasteiger partial charge in [-0.25, -0.2) is 4.99 Å². The normalized spacial score (nSPS) is 16.6. The molecular formula is C14H20BrN3O. The van der Waals surface area contributed by atoms with Gasteiger partial charge in [0.05, 0.1) is 13.7 Å². The molecule has 0 amide bonds. The summed E-state index contributed by atoms with van der Waals surface area (Å²) in [5, 5.41) is 3.28. The van der Waals surface area contributed by atoms with E-state index in [4.69, 9.17) is 10.5 Å². The van der Waals surface area contributed by atoms with Crippen molar-refractivity contribution in [2.75, 3.05) is 7.11 Å². The molecule has 1 fully saturated rings. The lowest BCUT2D eigenvalue weighted by Crippen LogP contribution is -2.38. The Balaban J connectivity index is 1.96. The van der Waals surface area contributed by atoms with E-state index in [1.165, 1.54) is 25.7 Å². The quantitative estimate of drug-likeness (QED) is 0.661. The number of hydrogen-bond acceptors (Lipinski definition) is 2. The molecule has 3 N–H and O–H groups in total. The van der Waals surface area contributed by atoms with E-state index < -0.39 is 0 Å². The van der Waals surface area contributed by atoms with Crippen molar-refractivity contribution >= 4 is 21.9 Å². The second-order valence-electron chi connectivity index (χ2n) is 4.78. The number of nitrogens with two attached hydrogens (primary N) is 1. The minimum atomic E-state index is 0.498. The van der Waals surface area contributed by atoms with Crippen molar-refractivity contribution in [3.8, 4) is 5.75 Å². The van der Waals surface area contributed by atoms with Gasteiger partial charge in [0.15, 0.2) is 5.96 Å². The molecule has 1 aromatic carbocycles. The number of halogens is 1. The highest BCUT2D eigenvalue weighted by atomic mass is 79.9. The summed E-state index contributed by atoms with van der Waals surface area (Å²) in [6.45, 7) is 0.545. The van der Waals surface area contributed by atoms with Crippen LogP contribution in [0.5, 0.6) is 5.75 Å². The van der Waals surface area contributed by atoms with E-state index in [0.717, 1.165) is 15.8 Å². The number of nitrogens with zero attached hydrogens (tertiary/aromatic N) is 1. The van der Waals surface area contributed by atoms with Crippen molar-refractivity contribution in [3.63, 3.8) is 0 Å². The van der Waals surface area contributed by atoms with E-state index in [1.54, 1.807) is 7.11 Å². The number of methoxy groups -OCH3 is 1. The highest BCUT2D eigenvalue weighted by molar-refractivity contribution is 9.10. The zero-order valence-corrected chi connectivity index (χ0v) is 12.7. The van der Waals surface area contributed by atoms with Crippen LogP contribution >= 0.6 is 15.9 Å². The first kappa shape index (κ1) is 14.2. The maximum atomic E-state index is 5.91. The zero-order chi connectivity index (χ0) is 13.7. The van der Waals surface area contributed by atoms with Crippen LogP contribution < -0.4 is 15.8 Å². The van der Waals surface area contributed by atoms with Crippen LogP contribution in [-0.2, 0) is 6.54 Å². The van der Waals surface area contributed by atoms with Gasteiger partial charge >= 0.3 is 0 Å². The summed E-state index contributed by atoms with van der Waals surface area (Å²) in [7, 11) is 1.66. The summed E-state index contributed by atoms with van der Waals surface area (Å²) in [4.78, 5) is 4.39. The van der Waals surface area contributed by atoms with E-state index in [1.807, 2.05) is 18.2 Å². The van der Waals surface area contributed by atoms with Gasteiger partial charge in [-0.15, -0.1) is 0 Å². The van der Waals surface area contributed by atoms with E-state index in [2.05, 4.69) is 26.2 Å². The molecule has 0 bridgehead atoms. The van der Waals surface area contributed by atoms with Gasteiger partial charge in [0.1, 0.15) is 5.75 Å². The number of ether oxygens (including phenoxy) is 1. The predicted octanol–water partition coefficient (Wildman–Crippen LogP) is 2.80. The molecule has 0 aliphatic heterocycles. The summed E-state index contributed by atoms with van der Waals surface area (Å²) in [5.41, 5.74) is 6.98. The summed E-state index contributed by atoms with van der Waals surface area (Å²) in [5.74, 6) is 1.36. The minimum Gasteiger partial charge on any atom is -0.497 e. The molecule has 4 nitrogen and oxygen atoms in total. The molecule has 1 saturated carbocycles. The van der Waals surface area contributed by atoms with Gasteiger partial charge < -0.3 is 15.8 Å². The third kappa shape index (κ3) is 4.13. The van der Waals surface area contributed by atoms with Crippen molar-refractivity contribution in [1.82, 2.24) is 5.32 Å². The van der Waals surface area contributed by atoms with Gasteiger partial charge in [0.2, 0.25) is 0 Å². The SMILES string of the molecule is COc1ccc(Br)c(CN=C(N)NC2CCCC2)c1. The van der Waals surface area contributed by atoms with E-state index in [9.17, 15) is 0 Å². The Morgan fingerprint density at radius 3 is 2.89 bits per heavy atom. The largest absolute Gasteiger partial charge is 0.497 e. The molecule has 0 unspecified atom stereocenters. The Bertz CT molecular complexity index is 456. The van der Waals surface area contributed by atoms with Crippen LogP contribution in [0.4, 0.5) is 0 Å². The number of rotatable bonds is 4. The minimum absolute atomic E-state index is 0.498. The number of aliphatic imine (C=N–C) groups is 1. The van der Waals surface area contributed by atoms with Crippen LogP contribution in [0.25, 0.3) is 0 Å². The van der Waals surface area contributed by atoms with Gasteiger partial charge in [0, 0.05) is 10.5 Å². The standard InChI is InChI=1S/C14H20BrN3O/c1-19-12-6-7-13(15)10(8-12)9-17-14(16)18-11-4-2-3-5-11/h6-8,11H,2-5,9H2,1H3,(H3,16,17,18). The first-order valence-corrected chi connectivity index (χ1v) is 7.37. The molecule has 5 heteroatoms. The number of benzene rings is 1. The third-order valence-corrected chi connectivity index (χ3v) is 4.15. The molecule has 0 spiro atoms. The van der Waals surface area contributed by atoms with Crippen LogP contribution in [0.3, 0.4) is 0 Å². The number of hydrogen-bond donors (Lipinski definition) is 2. The van der Waals surface area contributed by atoms with Gasteiger partial charge in [-0.3, -0.25) is 0 Å². The zero-order valence-electron chi connectivity index (χ0n) is 11.2. The molecule has 0 aromatic heterocycles. The second-order valence-corrected chi connectivity index (χ2v) is 5.64. The van der Waals surface area contributed by atoms with Gasteiger partial charge in [-0.1, -0.05) is 28.8 Å². The molecule has 0 atom stereocenters. The average molecular weight is 326 g/mol. The monoisotopic (exact) mass is 325 g/mol. The molecular weight excluding hydrogens is 306 g/mol. The average Bonchev–Trinajstić information content (AvgIpc) is 2.90. The van der Waals surface area contributed by atoms with Crippen molar-refractivity contribution in [2.45, 2.75) is 38.3 Å². The molecule has 0 saturated heterocycles. The number of nitrogens with one attached hydrogen (secondary N) is 1. The van der Waals surface area contributed by atoms with E-state index >= 15 is 0 Å². The Kier molecular flexibility index (Phi) is 5.07. The lowest BCUT2D eigenvalue weighted by molar-refractivity contribution is 0.414. The summed E-state index contributed by atoms with van der Waals surface area (Å²) in [6, 6.07) is 6.34. The fraction of sp³-hybridized carbons (Fsp3) is 0.500. The van der Waals surface area contributed by atoms with Crippen molar-refractivity contribution in [2.24, 2.45) is 10.7 Å². The molecule has 1 aromatic rings. The molecule has 0 heterocycles. The van der Waals surface area contributed by atoms with Gasteiger partial charge in [-0.05, 0) is 36.6 Å². The van der Waals surface area contributed by atoms with Gasteiger partial charge in [-0.2, -0.15) is 0 Å². The molecule has 2 rings (SSSR count). The Hall–Kier alpha value is -1.23. The highest BCUT2D eigenvalue weighted by Crippen LogP contribution is 2.23. The maximum absolute atomic E-state index is 5.91. The van der Waals surface area contributed by atoms with Crippen LogP contribution in [0.15, 0.2) is 27.7 Å². The van der Waals surface area contributed by atoms with Crippen LogP contribution in [0, 0.1) is 0 Å². The van der Waals surface area contributed by atoms with Crippen molar-refractivity contribution in [1.29, 1.82) is 0 Å². The van der Waals surface area contributed by atoms with E-state index in [0.29, 0.717) is 18.5 Å². The number of guanidine groups is 1. The third-order valence-electron chi connectivity index (χ3n) is 3.38. The topological polar surface area (TPSA) is 59.6 Å². The predicted molar refractivity (Wildman–Crippen MR) is 81.4 cm³/mol. The van der Waals surface area contributed by atoms with Crippen LogP contribution in [-0.4, -0.2) is 19.1 Å². The second kappa shape index (κ2) is 6.80. The first-order valence-electron chi connectivity index (χ1n) is 6.58. The van der Waals surface area contributed by atoms with Gasteiger partial charge in [0.25, 0.3) is 0 Å². The first-order chi connectivity index (χ1) is 9.19. The Labute approximate surface area is 122 Å². The van der Waals surface area contributed by atoms with Crippen molar-refractivity contribution in [3.05, 3.63) is 28.2 Å². The Morgan fingerprint density at radius 1 is 1.47 bits per heavy atom. The fourth-order valence-corrected chi connectivity index (χ4v) is 2.67. The smallest absolute Gasteiger partial charge is 0.189 e. The summed E-state index contributed by atoms with van der Waals surface area (Å²) >= 11 is 3.51. The molecule has 1 aliphatic rings. The molecule has 1 aliphatic carbocycles. The summed E-state index contributed by atoms with van der Waals surface area (Å²) < 4.78 is 6.23.